The molecule has 0 amide bonds. The lowest BCUT2D eigenvalue weighted by molar-refractivity contribution is -0.160. The van der Waals surface area contributed by atoms with Crippen molar-refractivity contribution in [1.82, 2.24) is 0 Å². The molecule has 0 aromatic rings. The average Bonchev–Trinajstić information content (AvgIpc) is 2.16. The van der Waals surface area contributed by atoms with Gasteiger partial charge in [0, 0.05) is 12.0 Å². The third-order valence-electron chi connectivity index (χ3n) is 3.02. The fourth-order valence-electron chi connectivity index (χ4n) is 2.15. The van der Waals surface area contributed by atoms with Crippen molar-refractivity contribution < 1.29 is 9.53 Å². The van der Waals surface area contributed by atoms with E-state index in [2.05, 4.69) is 6.92 Å². The van der Waals surface area contributed by atoms with Gasteiger partial charge in [-0.2, -0.15) is 0 Å². The Morgan fingerprint density at radius 3 is 2.36 bits per heavy atom. The van der Waals surface area contributed by atoms with E-state index in [9.17, 15) is 4.79 Å². The van der Waals surface area contributed by atoms with E-state index in [1.54, 1.807) is 0 Å². The number of rotatable bonds is 2. The maximum Gasteiger partial charge on any atom is 0.169 e. The van der Waals surface area contributed by atoms with Crippen molar-refractivity contribution in [3.63, 3.8) is 0 Å². The second-order valence-corrected chi connectivity index (χ2v) is 5.23. The van der Waals surface area contributed by atoms with Gasteiger partial charge in [-0.25, -0.2) is 0 Å². The van der Waals surface area contributed by atoms with Crippen LogP contribution in [-0.4, -0.2) is 18.0 Å². The first kappa shape index (κ1) is 11.7. The highest BCUT2D eigenvalue weighted by Gasteiger charge is 2.44. The van der Waals surface area contributed by atoms with E-state index >= 15 is 0 Å². The Morgan fingerprint density at radius 1 is 1.36 bits per heavy atom. The van der Waals surface area contributed by atoms with Crippen molar-refractivity contribution in [3.8, 4) is 0 Å². The molecule has 1 saturated heterocycles. The van der Waals surface area contributed by atoms with Crippen LogP contribution in [0.3, 0.4) is 0 Å². The van der Waals surface area contributed by atoms with Gasteiger partial charge in [0.05, 0.1) is 0 Å². The Kier molecular flexibility index (Phi) is 3.36. The quantitative estimate of drug-likeness (QED) is 0.682. The Hall–Kier alpha value is -0.370. The first-order valence-electron chi connectivity index (χ1n) is 5.61. The minimum absolute atomic E-state index is 0.271. The first-order chi connectivity index (χ1) is 6.42. The van der Waals surface area contributed by atoms with Gasteiger partial charge in [-0.1, -0.05) is 27.7 Å². The number of hydrogen-bond donors (Lipinski definition) is 0. The van der Waals surface area contributed by atoms with Gasteiger partial charge in [0.25, 0.3) is 0 Å². The first-order valence-corrected chi connectivity index (χ1v) is 5.61. The Bertz CT molecular complexity index is 207. The summed E-state index contributed by atoms with van der Waals surface area (Å²) in [7, 11) is 0. The van der Waals surface area contributed by atoms with Crippen molar-refractivity contribution in [1.29, 1.82) is 0 Å². The molecule has 2 nitrogen and oxygen atoms in total. The summed E-state index contributed by atoms with van der Waals surface area (Å²) >= 11 is 0. The summed E-state index contributed by atoms with van der Waals surface area (Å²) in [4.78, 5) is 12.2. The van der Waals surface area contributed by atoms with E-state index < -0.39 is 5.60 Å². The molecule has 0 radical (unpaired) electrons. The van der Waals surface area contributed by atoms with E-state index in [0.717, 1.165) is 32.3 Å². The number of ketones is 1. The summed E-state index contributed by atoms with van der Waals surface area (Å²) in [6.45, 7) is 8.73. The maximum absolute atomic E-state index is 12.2. The molecule has 0 aromatic carbocycles. The number of ether oxygens (including phenoxy) is 1. The zero-order chi connectivity index (χ0) is 10.8. The molecule has 0 N–H and O–H groups in total. The molecular formula is C12H22O2. The molecule has 2 heteroatoms. The molecule has 82 valence electrons. The standard InChI is InChI=1S/C12H22O2/c1-5-12(8-6-7-9-14-12)10(13)11(2,3)4/h5-9H2,1-4H3. The Balaban J connectivity index is 2.83. The van der Waals surface area contributed by atoms with E-state index in [1.165, 1.54) is 0 Å². The lowest BCUT2D eigenvalue weighted by atomic mass is 9.75. The largest absolute Gasteiger partial charge is 0.367 e. The van der Waals surface area contributed by atoms with Crippen LogP contribution in [-0.2, 0) is 9.53 Å². The summed E-state index contributed by atoms with van der Waals surface area (Å²) in [6, 6.07) is 0. The second-order valence-electron chi connectivity index (χ2n) is 5.23. The second kappa shape index (κ2) is 4.01. The molecule has 0 spiro atoms. The van der Waals surface area contributed by atoms with Crippen LogP contribution >= 0.6 is 0 Å². The maximum atomic E-state index is 12.2. The highest BCUT2D eigenvalue weighted by molar-refractivity contribution is 5.91. The zero-order valence-corrected chi connectivity index (χ0v) is 9.85. The van der Waals surface area contributed by atoms with Crippen LogP contribution in [0, 0.1) is 5.41 Å². The monoisotopic (exact) mass is 198 g/mol. The van der Waals surface area contributed by atoms with Gasteiger partial charge in [-0.3, -0.25) is 4.79 Å². The lowest BCUT2D eigenvalue weighted by Gasteiger charge is -2.39. The fourth-order valence-corrected chi connectivity index (χ4v) is 2.15. The molecule has 14 heavy (non-hydrogen) atoms. The van der Waals surface area contributed by atoms with Gasteiger partial charge in [-0.15, -0.1) is 0 Å². The highest BCUT2D eigenvalue weighted by Crippen LogP contribution is 2.35. The van der Waals surface area contributed by atoms with Crippen molar-refractivity contribution in [2.75, 3.05) is 6.61 Å². The van der Waals surface area contributed by atoms with Crippen molar-refractivity contribution in [3.05, 3.63) is 0 Å². The van der Waals surface area contributed by atoms with Crippen molar-refractivity contribution in [2.45, 2.75) is 59.0 Å². The fraction of sp³-hybridized carbons (Fsp3) is 0.917. The predicted octanol–water partition coefficient (Wildman–Crippen LogP) is 2.95. The molecule has 1 heterocycles. The van der Waals surface area contributed by atoms with Gasteiger partial charge < -0.3 is 4.74 Å². The summed E-state index contributed by atoms with van der Waals surface area (Å²) in [5.41, 5.74) is -0.760. The molecular weight excluding hydrogens is 176 g/mol. The van der Waals surface area contributed by atoms with Crippen LogP contribution < -0.4 is 0 Å². The minimum Gasteiger partial charge on any atom is -0.367 e. The average molecular weight is 198 g/mol. The molecule has 0 saturated carbocycles. The summed E-state index contributed by atoms with van der Waals surface area (Å²) < 4.78 is 5.75. The van der Waals surface area contributed by atoms with Crippen LogP contribution in [0.25, 0.3) is 0 Å². The number of hydrogen-bond acceptors (Lipinski definition) is 2. The van der Waals surface area contributed by atoms with Crippen molar-refractivity contribution >= 4 is 5.78 Å². The molecule has 0 aromatic heterocycles. The van der Waals surface area contributed by atoms with E-state index in [4.69, 9.17) is 4.74 Å². The summed E-state index contributed by atoms with van der Waals surface area (Å²) in [5.74, 6) is 0.271. The third kappa shape index (κ3) is 2.17. The Morgan fingerprint density at radius 2 is 2.00 bits per heavy atom. The molecule has 1 aliphatic heterocycles. The van der Waals surface area contributed by atoms with Gasteiger partial charge in [-0.05, 0) is 25.7 Å². The molecule has 0 bridgehead atoms. The van der Waals surface area contributed by atoms with Crippen LogP contribution in [0.1, 0.15) is 53.4 Å². The SMILES string of the molecule is CCC1(C(=O)C(C)(C)C)CCCCO1. The normalized spacial score (nSPS) is 28.9. The summed E-state index contributed by atoms with van der Waals surface area (Å²) in [6.07, 6.45) is 3.93. The molecule has 1 unspecified atom stereocenters. The number of Topliss-reactive ketones (excluding diaryl/α,β-unsaturated/α-hetero) is 1. The predicted molar refractivity (Wildman–Crippen MR) is 57.3 cm³/mol. The number of carbonyl (C=O) groups excluding carboxylic acids is 1. The van der Waals surface area contributed by atoms with Gasteiger partial charge in [0.1, 0.15) is 5.60 Å². The molecule has 1 rings (SSSR count). The van der Waals surface area contributed by atoms with Crippen LogP contribution in [0.5, 0.6) is 0 Å². The minimum atomic E-state index is -0.476. The topological polar surface area (TPSA) is 26.3 Å². The third-order valence-corrected chi connectivity index (χ3v) is 3.02. The van der Waals surface area contributed by atoms with Crippen LogP contribution in [0.4, 0.5) is 0 Å². The smallest absolute Gasteiger partial charge is 0.169 e. The van der Waals surface area contributed by atoms with E-state index in [-0.39, 0.29) is 11.2 Å². The molecule has 1 atom stereocenters. The van der Waals surface area contributed by atoms with E-state index in [0.29, 0.717) is 0 Å². The van der Waals surface area contributed by atoms with Crippen LogP contribution in [0.15, 0.2) is 0 Å². The van der Waals surface area contributed by atoms with Crippen molar-refractivity contribution in [2.24, 2.45) is 5.41 Å². The zero-order valence-electron chi connectivity index (χ0n) is 9.85. The van der Waals surface area contributed by atoms with Crippen LogP contribution in [0.2, 0.25) is 0 Å². The highest BCUT2D eigenvalue weighted by atomic mass is 16.5. The van der Waals surface area contributed by atoms with Gasteiger partial charge in [0.15, 0.2) is 5.78 Å². The summed E-state index contributed by atoms with van der Waals surface area (Å²) in [5, 5.41) is 0. The van der Waals surface area contributed by atoms with Gasteiger partial charge in [0.2, 0.25) is 0 Å². The molecule has 1 aliphatic rings. The molecule has 0 aliphatic carbocycles. The van der Waals surface area contributed by atoms with E-state index in [1.807, 2.05) is 20.8 Å². The lowest BCUT2D eigenvalue weighted by Crippen LogP contribution is -2.49. The van der Waals surface area contributed by atoms with Gasteiger partial charge >= 0.3 is 0 Å². The Labute approximate surface area is 87.0 Å². The molecule has 1 fully saturated rings. The number of carbonyl (C=O) groups is 1.